The Morgan fingerprint density at radius 1 is 1.41 bits per heavy atom. The number of hydrogen-bond donors (Lipinski definition) is 2. The van der Waals surface area contributed by atoms with Crippen LogP contribution in [0.3, 0.4) is 0 Å². The predicted octanol–water partition coefficient (Wildman–Crippen LogP) is 1.81. The third kappa shape index (κ3) is 5.36. The third-order valence-electron chi connectivity index (χ3n) is 4.49. The van der Waals surface area contributed by atoms with Crippen molar-refractivity contribution in [2.45, 2.75) is 44.9 Å². The summed E-state index contributed by atoms with van der Waals surface area (Å²) >= 11 is 0. The average Bonchev–Trinajstić information content (AvgIpc) is 3.12. The molecular formula is C18H24F3N7O. The number of pyridine rings is 1. The molecule has 2 N–H and O–H groups in total. The van der Waals surface area contributed by atoms with Crippen LogP contribution in [0.1, 0.15) is 30.6 Å². The first-order valence-electron chi connectivity index (χ1n) is 9.45. The average molecular weight is 411 g/mol. The van der Waals surface area contributed by atoms with E-state index in [1.54, 1.807) is 7.05 Å². The van der Waals surface area contributed by atoms with Crippen LogP contribution < -0.4 is 15.4 Å². The summed E-state index contributed by atoms with van der Waals surface area (Å²) in [5, 5.41) is 10.8. The molecule has 3 heterocycles. The number of aryl methyl sites for hydroxylation is 2. The summed E-state index contributed by atoms with van der Waals surface area (Å²) in [5.74, 6) is 1.96. The fourth-order valence-electron chi connectivity index (χ4n) is 3.05. The zero-order valence-electron chi connectivity index (χ0n) is 16.3. The van der Waals surface area contributed by atoms with E-state index in [-0.39, 0.29) is 19.2 Å². The monoisotopic (exact) mass is 411 g/mol. The number of fused-ring (bicyclic) bond motifs is 1. The zero-order valence-corrected chi connectivity index (χ0v) is 16.3. The van der Waals surface area contributed by atoms with Crippen molar-refractivity contribution >= 4 is 5.96 Å². The van der Waals surface area contributed by atoms with Gasteiger partial charge in [-0.25, -0.2) is 14.6 Å². The second-order valence-corrected chi connectivity index (χ2v) is 6.56. The SMILES string of the molecule is CCc1nc2n(n1)CC(NC(=NC)NCCOc1ncccc1C(F)(F)F)CC2. The molecule has 0 saturated heterocycles. The van der Waals surface area contributed by atoms with E-state index in [0.29, 0.717) is 12.5 Å². The van der Waals surface area contributed by atoms with Crippen molar-refractivity contribution in [3.05, 3.63) is 35.5 Å². The van der Waals surface area contributed by atoms with Gasteiger partial charge in [-0.3, -0.25) is 4.99 Å². The summed E-state index contributed by atoms with van der Waals surface area (Å²) in [6.45, 7) is 2.99. The number of guanidine groups is 1. The van der Waals surface area contributed by atoms with Crippen LogP contribution in [0.4, 0.5) is 13.2 Å². The van der Waals surface area contributed by atoms with Gasteiger partial charge < -0.3 is 15.4 Å². The van der Waals surface area contributed by atoms with Gasteiger partial charge in [0.05, 0.1) is 13.1 Å². The minimum atomic E-state index is -4.51. The lowest BCUT2D eigenvalue weighted by atomic mass is 10.1. The van der Waals surface area contributed by atoms with Gasteiger partial charge >= 0.3 is 6.18 Å². The molecule has 0 saturated carbocycles. The van der Waals surface area contributed by atoms with Crippen LogP contribution in [0.15, 0.2) is 23.3 Å². The number of halogens is 3. The number of aromatic nitrogens is 4. The lowest BCUT2D eigenvalue weighted by Gasteiger charge is -2.25. The highest BCUT2D eigenvalue weighted by Crippen LogP contribution is 2.34. The van der Waals surface area contributed by atoms with Crippen molar-refractivity contribution in [1.29, 1.82) is 0 Å². The molecule has 1 aliphatic heterocycles. The van der Waals surface area contributed by atoms with Crippen molar-refractivity contribution in [3.63, 3.8) is 0 Å². The van der Waals surface area contributed by atoms with E-state index < -0.39 is 17.6 Å². The smallest absolute Gasteiger partial charge is 0.421 e. The Balaban J connectivity index is 1.47. The molecule has 0 spiro atoms. The Hall–Kier alpha value is -2.85. The molecule has 29 heavy (non-hydrogen) atoms. The topological polar surface area (TPSA) is 89.2 Å². The van der Waals surface area contributed by atoms with Crippen molar-refractivity contribution < 1.29 is 17.9 Å². The molecule has 0 bridgehead atoms. The maximum absolute atomic E-state index is 13.0. The molecule has 8 nitrogen and oxygen atoms in total. The fraction of sp³-hybridized carbons (Fsp3) is 0.556. The molecule has 158 valence electrons. The Labute approximate surface area is 166 Å². The predicted molar refractivity (Wildman–Crippen MR) is 101 cm³/mol. The molecule has 11 heteroatoms. The number of rotatable bonds is 6. The minimum Gasteiger partial charge on any atom is -0.475 e. The van der Waals surface area contributed by atoms with Crippen molar-refractivity contribution in [2.75, 3.05) is 20.2 Å². The second kappa shape index (κ2) is 9.10. The first-order valence-corrected chi connectivity index (χ1v) is 9.45. The highest BCUT2D eigenvalue weighted by atomic mass is 19.4. The Morgan fingerprint density at radius 3 is 2.97 bits per heavy atom. The van der Waals surface area contributed by atoms with Gasteiger partial charge in [0.25, 0.3) is 0 Å². The highest BCUT2D eigenvalue weighted by Gasteiger charge is 2.35. The van der Waals surface area contributed by atoms with Gasteiger partial charge in [0.2, 0.25) is 5.88 Å². The highest BCUT2D eigenvalue weighted by molar-refractivity contribution is 5.79. The molecule has 2 aromatic rings. The molecule has 1 aliphatic rings. The normalized spacial score (nSPS) is 17.0. The summed E-state index contributed by atoms with van der Waals surface area (Å²) in [4.78, 5) is 12.3. The Kier molecular flexibility index (Phi) is 6.55. The van der Waals surface area contributed by atoms with E-state index in [1.165, 1.54) is 12.3 Å². The molecule has 0 aliphatic carbocycles. The molecule has 1 unspecified atom stereocenters. The van der Waals surface area contributed by atoms with Crippen LogP contribution in [0, 0.1) is 0 Å². The molecule has 0 aromatic carbocycles. The number of alkyl halides is 3. The molecule has 1 atom stereocenters. The number of hydrogen-bond acceptors (Lipinski definition) is 5. The van der Waals surface area contributed by atoms with Gasteiger partial charge in [0, 0.05) is 32.1 Å². The van der Waals surface area contributed by atoms with E-state index in [9.17, 15) is 13.2 Å². The second-order valence-electron chi connectivity index (χ2n) is 6.56. The maximum Gasteiger partial charge on any atom is 0.421 e. The van der Waals surface area contributed by atoms with Gasteiger partial charge in [-0.1, -0.05) is 6.92 Å². The lowest BCUT2D eigenvalue weighted by Crippen LogP contribution is -2.47. The summed E-state index contributed by atoms with van der Waals surface area (Å²) in [6.07, 6.45) is -0.725. The molecule has 3 rings (SSSR count). The van der Waals surface area contributed by atoms with Gasteiger partial charge in [-0.15, -0.1) is 0 Å². The minimum absolute atomic E-state index is 0.0124. The van der Waals surface area contributed by atoms with Gasteiger partial charge in [-0.2, -0.15) is 18.3 Å². The number of aliphatic imine (C=N–C) groups is 1. The summed E-state index contributed by atoms with van der Waals surface area (Å²) < 4.78 is 46.0. The number of nitrogens with one attached hydrogen (secondary N) is 2. The van der Waals surface area contributed by atoms with E-state index >= 15 is 0 Å². The number of nitrogens with zero attached hydrogens (tertiary/aromatic N) is 5. The van der Waals surface area contributed by atoms with E-state index in [2.05, 4.69) is 30.7 Å². The van der Waals surface area contributed by atoms with Gasteiger partial charge in [-0.05, 0) is 18.6 Å². The first-order chi connectivity index (χ1) is 13.9. The lowest BCUT2D eigenvalue weighted by molar-refractivity contribution is -0.139. The summed E-state index contributed by atoms with van der Waals surface area (Å²) in [6, 6.07) is 2.31. The van der Waals surface area contributed by atoms with Crippen LogP contribution in [0.25, 0.3) is 0 Å². The van der Waals surface area contributed by atoms with Crippen LogP contribution in [-0.2, 0) is 25.6 Å². The fourth-order valence-corrected chi connectivity index (χ4v) is 3.05. The zero-order chi connectivity index (χ0) is 20.9. The van der Waals surface area contributed by atoms with Crippen molar-refractivity contribution in [3.8, 4) is 5.88 Å². The Bertz CT molecular complexity index is 850. The summed E-state index contributed by atoms with van der Waals surface area (Å²) in [5.41, 5.74) is -0.889. The quantitative estimate of drug-likeness (QED) is 0.428. The largest absolute Gasteiger partial charge is 0.475 e. The summed E-state index contributed by atoms with van der Waals surface area (Å²) in [7, 11) is 1.63. The van der Waals surface area contributed by atoms with Crippen molar-refractivity contribution in [1.82, 2.24) is 30.4 Å². The molecule has 0 fully saturated rings. The Morgan fingerprint density at radius 2 is 2.24 bits per heavy atom. The van der Waals surface area contributed by atoms with Crippen LogP contribution in [0.2, 0.25) is 0 Å². The maximum atomic E-state index is 13.0. The van der Waals surface area contributed by atoms with Crippen molar-refractivity contribution in [2.24, 2.45) is 4.99 Å². The van der Waals surface area contributed by atoms with E-state index in [0.717, 1.165) is 37.0 Å². The van der Waals surface area contributed by atoms with Gasteiger partial charge in [0.1, 0.15) is 18.0 Å². The molecule has 0 radical (unpaired) electrons. The standard InChI is InChI=1S/C18H24F3N7O/c1-3-14-26-15-7-6-12(11-28(15)27-14)25-17(22-2)24-9-10-29-16-13(18(19,20)21)5-4-8-23-16/h4-5,8,12H,3,6-7,9-11H2,1-2H3,(H2,22,24,25). The van der Waals surface area contributed by atoms with Crippen LogP contribution >= 0.6 is 0 Å². The van der Waals surface area contributed by atoms with Crippen LogP contribution in [0.5, 0.6) is 5.88 Å². The van der Waals surface area contributed by atoms with E-state index in [4.69, 9.17) is 4.74 Å². The molecular weight excluding hydrogens is 387 g/mol. The van der Waals surface area contributed by atoms with Gasteiger partial charge in [0.15, 0.2) is 11.8 Å². The van der Waals surface area contributed by atoms with Crippen LogP contribution in [-0.4, -0.2) is 51.9 Å². The van der Waals surface area contributed by atoms with E-state index in [1.807, 2.05) is 11.6 Å². The molecule has 2 aromatic heterocycles. The first kappa shape index (κ1) is 20.9. The molecule has 0 amide bonds. The number of ether oxygens (including phenoxy) is 1. The third-order valence-corrected chi connectivity index (χ3v) is 4.49.